The van der Waals surface area contributed by atoms with Gasteiger partial charge in [0.05, 0.1) is 12.1 Å². The Morgan fingerprint density at radius 2 is 2.00 bits per heavy atom. The molecule has 1 amide bonds. The Morgan fingerprint density at radius 1 is 1.38 bits per heavy atom. The Morgan fingerprint density at radius 3 is 2.54 bits per heavy atom. The molecule has 3 atom stereocenters. The van der Waals surface area contributed by atoms with Crippen molar-refractivity contribution < 1.29 is 14.6 Å². The quantitative estimate of drug-likeness (QED) is 0.920. The molecule has 0 spiro atoms. The summed E-state index contributed by atoms with van der Waals surface area (Å²) in [5, 5.41) is 10.3. The van der Waals surface area contributed by atoms with Crippen LogP contribution in [0.2, 0.25) is 0 Å². The first kappa shape index (κ1) is 18.7. The Balaban J connectivity index is 2.09. The molecule has 5 nitrogen and oxygen atoms in total. The van der Waals surface area contributed by atoms with Crippen molar-refractivity contribution in [2.75, 3.05) is 13.6 Å². The molecule has 134 valence electrons. The highest BCUT2D eigenvalue weighted by Gasteiger charge is 2.43. The molecule has 1 aromatic carbocycles. The third-order valence-electron chi connectivity index (χ3n) is 4.38. The summed E-state index contributed by atoms with van der Waals surface area (Å²) < 4.78 is 5.51. The maximum absolute atomic E-state index is 12.5. The summed E-state index contributed by atoms with van der Waals surface area (Å²) in [6.45, 7) is 8.72. The van der Waals surface area contributed by atoms with Gasteiger partial charge in [0.15, 0.2) is 0 Å². The zero-order valence-electron chi connectivity index (χ0n) is 15.4. The van der Waals surface area contributed by atoms with Gasteiger partial charge >= 0.3 is 6.09 Å². The van der Waals surface area contributed by atoms with Gasteiger partial charge in [-0.25, -0.2) is 4.79 Å². The van der Waals surface area contributed by atoms with Gasteiger partial charge in [0.1, 0.15) is 5.60 Å². The first-order chi connectivity index (χ1) is 11.2. The highest BCUT2D eigenvalue weighted by atomic mass is 16.6. The molecular weight excluding hydrogens is 304 g/mol. The summed E-state index contributed by atoms with van der Waals surface area (Å²) in [4.78, 5) is 16.4. The lowest BCUT2D eigenvalue weighted by Crippen LogP contribution is -2.51. The van der Waals surface area contributed by atoms with Crippen molar-refractivity contribution in [3.63, 3.8) is 0 Å². The van der Waals surface area contributed by atoms with Gasteiger partial charge < -0.3 is 14.7 Å². The molecule has 1 heterocycles. The molecule has 1 aromatic rings. The maximum Gasteiger partial charge on any atom is 0.410 e. The third kappa shape index (κ3) is 4.71. The lowest BCUT2D eigenvalue weighted by Gasteiger charge is -2.35. The van der Waals surface area contributed by atoms with Crippen molar-refractivity contribution in [2.24, 2.45) is 0 Å². The van der Waals surface area contributed by atoms with E-state index < -0.39 is 11.7 Å². The molecule has 24 heavy (non-hydrogen) atoms. The van der Waals surface area contributed by atoms with Crippen LogP contribution in [-0.4, -0.2) is 58.4 Å². The summed E-state index contributed by atoms with van der Waals surface area (Å²) in [5.41, 5.74) is 0.689. The molecule has 1 fully saturated rings. The topological polar surface area (TPSA) is 53.0 Å². The number of aliphatic hydroxyl groups excluding tert-OH is 1. The predicted octanol–water partition coefficient (Wildman–Crippen LogP) is 2.88. The first-order valence-corrected chi connectivity index (χ1v) is 8.61. The fourth-order valence-corrected chi connectivity index (χ4v) is 3.38. The van der Waals surface area contributed by atoms with Gasteiger partial charge in [-0.2, -0.15) is 0 Å². The van der Waals surface area contributed by atoms with E-state index in [-0.39, 0.29) is 18.2 Å². The minimum absolute atomic E-state index is 0.109. The molecule has 0 aromatic heterocycles. The second-order valence-corrected chi connectivity index (χ2v) is 7.66. The minimum Gasteiger partial charge on any atom is -0.444 e. The lowest BCUT2D eigenvalue weighted by atomic mass is 10.0. The highest BCUT2D eigenvalue weighted by molar-refractivity contribution is 5.69. The van der Waals surface area contributed by atoms with Gasteiger partial charge in [0.25, 0.3) is 0 Å². The number of amides is 1. The number of carbonyl (C=O) groups excluding carboxylic acids is 1. The molecule has 1 N–H and O–H groups in total. The van der Waals surface area contributed by atoms with Crippen molar-refractivity contribution in [3.05, 3.63) is 35.9 Å². The molecule has 2 rings (SSSR count). The Bertz CT molecular complexity index is 539. The molecule has 1 aliphatic heterocycles. The van der Waals surface area contributed by atoms with Crippen LogP contribution in [0.15, 0.2) is 30.3 Å². The zero-order valence-corrected chi connectivity index (χ0v) is 15.4. The Hall–Kier alpha value is -1.59. The van der Waals surface area contributed by atoms with Crippen LogP contribution < -0.4 is 0 Å². The molecule has 1 saturated heterocycles. The van der Waals surface area contributed by atoms with Gasteiger partial charge in [-0.3, -0.25) is 4.90 Å². The number of nitrogens with zero attached hydrogens (tertiary/aromatic N) is 2. The van der Waals surface area contributed by atoms with E-state index in [2.05, 4.69) is 17.0 Å². The van der Waals surface area contributed by atoms with E-state index in [1.165, 1.54) is 5.56 Å². The number of benzene rings is 1. The number of hydrogen-bond acceptors (Lipinski definition) is 4. The first-order valence-electron chi connectivity index (χ1n) is 8.61. The number of hydrogen-bond donors (Lipinski definition) is 1. The molecule has 0 bridgehead atoms. The van der Waals surface area contributed by atoms with Crippen LogP contribution in [0.4, 0.5) is 4.79 Å². The average Bonchev–Trinajstić information content (AvgIpc) is 2.91. The smallest absolute Gasteiger partial charge is 0.410 e. The number of likely N-dealkylation sites (N-methyl/N-ethyl adjacent to an activating group) is 1. The lowest BCUT2D eigenvalue weighted by molar-refractivity contribution is -0.00191. The van der Waals surface area contributed by atoms with Crippen LogP contribution in [0.5, 0.6) is 0 Å². The SMILES string of the molecule is C[C@@H](O)[C@@H]1[C@H](N(C)Cc2ccccc2)CCN1C(=O)OC(C)(C)C. The summed E-state index contributed by atoms with van der Waals surface area (Å²) in [6, 6.07) is 10.1. The fourth-order valence-electron chi connectivity index (χ4n) is 3.38. The summed E-state index contributed by atoms with van der Waals surface area (Å²) >= 11 is 0. The van der Waals surface area contributed by atoms with E-state index >= 15 is 0 Å². The number of likely N-dealkylation sites (tertiary alicyclic amines) is 1. The predicted molar refractivity (Wildman–Crippen MR) is 94.7 cm³/mol. The molecule has 0 radical (unpaired) electrons. The molecule has 0 saturated carbocycles. The third-order valence-corrected chi connectivity index (χ3v) is 4.38. The standard InChI is InChI=1S/C19H30N2O3/c1-14(22)17-16(20(5)13-15-9-7-6-8-10-15)11-12-21(17)18(23)24-19(2,3)4/h6-10,14,16-17,22H,11-13H2,1-5H3/t14-,16-,17-/m1/s1. The van der Waals surface area contributed by atoms with Gasteiger partial charge in [0.2, 0.25) is 0 Å². The second-order valence-electron chi connectivity index (χ2n) is 7.66. The molecular formula is C19H30N2O3. The number of rotatable bonds is 4. The average molecular weight is 334 g/mol. The summed E-state index contributed by atoms with van der Waals surface area (Å²) in [5.74, 6) is 0. The van der Waals surface area contributed by atoms with Crippen LogP contribution >= 0.6 is 0 Å². The van der Waals surface area contributed by atoms with Crippen molar-refractivity contribution in [1.29, 1.82) is 0 Å². The van der Waals surface area contributed by atoms with Gasteiger partial charge in [-0.15, -0.1) is 0 Å². The summed E-state index contributed by atoms with van der Waals surface area (Å²) in [7, 11) is 2.05. The number of ether oxygens (including phenoxy) is 1. The van der Waals surface area contributed by atoms with Gasteiger partial charge in [0, 0.05) is 19.1 Å². The van der Waals surface area contributed by atoms with E-state index in [0.29, 0.717) is 6.54 Å². The van der Waals surface area contributed by atoms with E-state index in [0.717, 1.165) is 13.0 Å². The van der Waals surface area contributed by atoms with Crippen molar-refractivity contribution in [2.45, 2.75) is 64.4 Å². The Labute approximate surface area is 145 Å². The van der Waals surface area contributed by atoms with E-state index in [4.69, 9.17) is 4.74 Å². The molecule has 1 aliphatic rings. The number of carbonyl (C=O) groups is 1. The van der Waals surface area contributed by atoms with E-state index in [1.54, 1.807) is 11.8 Å². The number of aliphatic hydroxyl groups is 1. The van der Waals surface area contributed by atoms with Crippen LogP contribution in [-0.2, 0) is 11.3 Å². The van der Waals surface area contributed by atoms with E-state index in [9.17, 15) is 9.90 Å². The summed E-state index contributed by atoms with van der Waals surface area (Å²) in [6.07, 6.45) is -0.120. The molecule has 0 unspecified atom stereocenters. The van der Waals surface area contributed by atoms with Crippen LogP contribution in [0.25, 0.3) is 0 Å². The minimum atomic E-state index is -0.608. The van der Waals surface area contributed by atoms with Gasteiger partial charge in [-0.1, -0.05) is 30.3 Å². The molecule has 5 heteroatoms. The van der Waals surface area contributed by atoms with Crippen molar-refractivity contribution in [1.82, 2.24) is 9.80 Å². The fraction of sp³-hybridized carbons (Fsp3) is 0.632. The van der Waals surface area contributed by atoms with Crippen molar-refractivity contribution in [3.8, 4) is 0 Å². The Kier molecular flexibility index (Phi) is 5.88. The molecule has 0 aliphatic carbocycles. The highest BCUT2D eigenvalue weighted by Crippen LogP contribution is 2.27. The normalized spacial score (nSPS) is 22.7. The van der Waals surface area contributed by atoms with Crippen LogP contribution in [0.3, 0.4) is 0 Å². The van der Waals surface area contributed by atoms with Crippen molar-refractivity contribution >= 4 is 6.09 Å². The monoisotopic (exact) mass is 334 g/mol. The van der Waals surface area contributed by atoms with Crippen LogP contribution in [0.1, 0.15) is 39.7 Å². The largest absolute Gasteiger partial charge is 0.444 e. The second kappa shape index (κ2) is 7.53. The maximum atomic E-state index is 12.5. The van der Waals surface area contributed by atoms with Gasteiger partial charge in [-0.05, 0) is 46.7 Å². The zero-order chi connectivity index (χ0) is 17.9. The van der Waals surface area contributed by atoms with Crippen LogP contribution in [0, 0.1) is 0 Å². The van der Waals surface area contributed by atoms with E-state index in [1.807, 2.05) is 46.0 Å².